The Labute approximate surface area is 125 Å². The molecule has 2 N–H and O–H groups in total. The molecular weight excluding hydrogens is 292 g/mol. The van der Waals surface area contributed by atoms with E-state index in [2.05, 4.69) is 10.6 Å². The summed E-state index contributed by atoms with van der Waals surface area (Å²) in [5, 5.41) is 5.94. The van der Waals surface area contributed by atoms with Crippen molar-refractivity contribution in [1.82, 2.24) is 0 Å². The molecule has 3 rings (SSSR count). The molecule has 0 aromatic heterocycles. The third kappa shape index (κ3) is 2.98. The van der Waals surface area contributed by atoms with Gasteiger partial charge in [-0.15, -0.1) is 0 Å². The highest BCUT2D eigenvalue weighted by molar-refractivity contribution is 6.31. The standard InChI is InChI=1S/C15H11ClN2O3/c16-10-3-1-2-9(6-10)15(20)17-11-4-5-12-13(7-11)21-8-14(19)18-12/h1-7H,8H2,(H,17,20)(H,18,19). The lowest BCUT2D eigenvalue weighted by Crippen LogP contribution is -2.25. The number of benzene rings is 2. The van der Waals surface area contributed by atoms with Crippen LogP contribution in [0.5, 0.6) is 5.75 Å². The second kappa shape index (κ2) is 5.46. The van der Waals surface area contributed by atoms with Crippen LogP contribution in [-0.2, 0) is 4.79 Å². The van der Waals surface area contributed by atoms with Gasteiger partial charge in [-0.1, -0.05) is 17.7 Å². The molecule has 0 aliphatic carbocycles. The van der Waals surface area contributed by atoms with Crippen molar-refractivity contribution in [3.63, 3.8) is 0 Å². The highest BCUT2D eigenvalue weighted by Gasteiger charge is 2.16. The van der Waals surface area contributed by atoms with Crippen molar-refractivity contribution >= 4 is 34.8 Å². The minimum absolute atomic E-state index is 0.0291. The summed E-state index contributed by atoms with van der Waals surface area (Å²) >= 11 is 5.86. The van der Waals surface area contributed by atoms with Gasteiger partial charge in [0.05, 0.1) is 5.69 Å². The summed E-state index contributed by atoms with van der Waals surface area (Å²) in [6.45, 7) is -0.0291. The summed E-state index contributed by atoms with van der Waals surface area (Å²) < 4.78 is 5.30. The fourth-order valence-electron chi connectivity index (χ4n) is 1.99. The van der Waals surface area contributed by atoms with Crippen molar-refractivity contribution in [3.05, 3.63) is 53.1 Å². The Morgan fingerprint density at radius 3 is 2.90 bits per heavy atom. The number of carbonyl (C=O) groups is 2. The lowest BCUT2D eigenvalue weighted by molar-refractivity contribution is -0.118. The molecule has 106 valence electrons. The van der Waals surface area contributed by atoms with Gasteiger partial charge in [-0.3, -0.25) is 9.59 Å². The number of amides is 2. The molecule has 5 nitrogen and oxygen atoms in total. The van der Waals surface area contributed by atoms with E-state index < -0.39 is 0 Å². The van der Waals surface area contributed by atoms with Gasteiger partial charge in [0.1, 0.15) is 5.75 Å². The maximum absolute atomic E-state index is 12.1. The Balaban J connectivity index is 1.79. The van der Waals surface area contributed by atoms with E-state index in [-0.39, 0.29) is 18.4 Å². The van der Waals surface area contributed by atoms with Gasteiger partial charge in [-0.25, -0.2) is 0 Å². The number of nitrogens with one attached hydrogen (secondary N) is 2. The average Bonchev–Trinajstić information content (AvgIpc) is 2.47. The molecule has 0 fully saturated rings. The largest absolute Gasteiger partial charge is 0.482 e. The lowest BCUT2D eigenvalue weighted by atomic mass is 10.2. The topological polar surface area (TPSA) is 67.4 Å². The molecule has 0 radical (unpaired) electrons. The number of hydrogen-bond acceptors (Lipinski definition) is 3. The maximum Gasteiger partial charge on any atom is 0.262 e. The molecule has 1 heterocycles. The first kappa shape index (κ1) is 13.5. The zero-order valence-corrected chi connectivity index (χ0v) is 11.6. The molecule has 2 aromatic rings. The minimum atomic E-state index is -0.266. The molecule has 0 saturated heterocycles. The fraction of sp³-hybridized carbons (Fsp3) is 0.0667. The van der Waals surface area contributed by atoms with Crippen LogP contribution in [0.3, 0.4) is 0 Å². The van der Waals surface area contributed by atoms with Crippen molar-refractivity contribution in [3.8, 4) is 5.75 Å². The fourth-order valence-corrected chi connectivity index (χ4v) is 2.18. The molecule has 2 amide bonds. The summed E-state index contributed by atoms with van der Waals surface area (Å²) in [5.74, 6) is 0.0639. The minimum Gasteiger partial charge on any atom is -0.482 e. The molecular formula is C15H11ClN2O3. The lowest BCUT2D eigenvalue weighted by Gasteiger charge is -2.18. The van der Waals surface area contributed by atoms with Crippen molar-refractivity contribution in [2.75, 3.05) is 17.2 Å². The second-order valence-corrected chi connectivity index (χ2v) is 4.95. The van der Waals surface area contributed by atoms with Crippen molar-refractivity contribution < 1.29 is 14.3 Å². The van der Waals surface area contributed by atoms with Crippen LogP contribution in [-0.4, -0.2) is 18.4 Å². The van der Waals surface area contributed by atoms with E-state index in [0.29, 0.717) is 27.7 Å². The smallest absolute Gasteiger partial charge is 0.262 e. The van der Waals surface area contributed by atoms with Crippen LogP contribution in [0.15, 0.2) is 42.5 Å². The van der Waals surface area contributed by atoms with Crippen LogP contribution in [0.1, 0.15) is 10.4 Å². The maximum atomic E-state index is 12.1. The SMILES string of the molecule is O=C1COc2cc(NC(=O)c3cccc(Cl)c3)ccc2N1. The van der Waals surface area contributed by atoms with Gasteiger partial charge in [-0.05, 0) is 30.3 Å². The highest BCUT2D eigenvalue weighted by Crippen LogP contribution is 2.30. The second-order valence-electron chi connectivity index (χ2n) is 4.51. The van der Waals surface area contributed by atoms with E-state index in [1.54, 1.807) is 42.5 Å². The van der Waals surface area contributed by atoms with Gasteiger partial charge in [-0.2, -0.15) is 0 Å². The van der Waals surface area contributed by atoms with E-state index in [9.17, 15) is 9.59 Å². The van der Waals surface area contributed by atoms with Gasteiger partial charge in [0.25, 0.3) is 11.8 Å². The summed E-state index contributed by atoms with van der Waals surface area (Å²) in [5.41, 5.74) is 1.64. The van der Waals surface area contributed by atoms with Gasteiger partial charge in [0.15, 0.2) is 6.61 Å². The van der Waals surface area contributed by atoms with Crippen molar-refractivity contribution in [2.45, 2.75) is 0 Å². The summed E-state index contributed by atoms with van der Waals surface area (Å²) in [4.78, 5) is 23.3. The average molecular weight is 303 g/mol. The third-order valence-corrected chi connectivity index (χ3v) is 3.19. The highest BCUT2D eigenvalue weighted by atomic mass is 35.5. The Morgan fingerprint density at radius 1 is 1.24 bits per heavy atom. The number of hydrogen-bond donors (Lipinski definition) is 2. The molecule has 1 aliphatic rings. The normalized spacial score (nSPS) is 12.9. The number of rotatable bonds is 2. The monoisotopic (exact) mass is 302 g/mol. The first-order valence-corrected chi connectivity index (χ1v) is 6.63. The Hall–Kier alpha value is -2.53. The van der Waals surface area contributed by atoms with E-state index in [1.807, 2.05) is 0 Å². The number of ether oxygens (including phenoxy) is 1. The molecule has 21 heavy (non-hydrogen) atoms. The van der Waals surface area contributed by atoms with Crippen LogP contribution < -0.4 is 15.4 Å². The Kier molecular flexibility index (Phi) is 3.50. The zero-order chi connectivity index (χ0) is 14.8. The van der Waals surface area contributed by atoms with E-state index in [0.717, 1.165) is 0 Å². The Bertz CT molecular complexity index is 731. The summed E-state index contributed by atoms with van der Waals surface area (Å²) in [6, 6.07) is 11.7. The van der Waals surface area contributed by atoms with Crippen LogP contribution in [0.4, 0.5) is 11.4 Å². The van der Waals surface area contributed by atoms with Crippen LogP contribution in [0.25, 0.3) is 0 Å². The first-order valence-electron chi connectivity index (χ1n) is 6.25. The summed E-state index contributed by atoms with van der Waals surface area (Å²) in [6.07, 6.45) is 0. The number of fused-ring (bicyclic) bond motifs is 1. The Morgan fingerprint density at radius 2 is 2.10 bits per heavy atom. The molecule has 2 aromatic carbocycles. The first-order chi connectivity index (χ1) is 10.1. The van der Waals surface area contributed by atoms with Crippen LogP contribution in [0.2, 0.25) is 5.02 Å². The van der Waals surface area contributed by atoms with Crippen molar-refractivity contribution in [2.24, 2.45) is 0 Å². The van der Waals surface area contributed by atoms with E-state index in [1.165, 1.54) is 0 Å². The quantitative estimate of drug-likeness (QED) is 0.896. The molecule has 0 saturated carbocycles. The summed E-state index contributed by atoms with van der Waals surface area (Å²) in [7, 11) is 0. The van der Waals surface area contributed by atoms with Gasteiger partial charge < -0.3 is 15.4 Å². The number of halogens is 1. The predicted molar refractivity (Wildman–Crippen MR) is 80.0 cm³/mol. The van der Waals surface area contributed by atoms with Crippen LogP contribution >= 0.6 is 11.6 Å². The predicted octanol–water partition coefficient (Wildman–Crippen LogP) is 2.92. The van der Waals surface area contributed by atoms with Crippen LogP contribution in [0, 0.1) is 0 Å². The van der Waals surface area contributed by atoms with Gasteiger partial charge in [0.2, 0.25) is 0 Å². The molecule has 0 unspecified atom stereocenters. The zero-order valence-electron chi connectivity index (χ0n) is 10.9. The molecule has 1 aliphatic heterocycles. The van der Waals surface area contributed by atoms with E-state index in [4.69, 9.17) is 16.3 Å². The van der Waals surface area contributed by atoms with E-state index >= 15 is 0 Å². The van der Waals surface area contributed by atoms with Gasteiger partial charge >= 0.3 is 0 Å². The molecule has 0 bridgehead atoms. The van der Waals surface area contributed by atoms with Gasteiger partial charge in [0, 0.05) is 22.3 Å². The number of anilines is 2. The van der Waals surface area contributed by atoms with Crippen molar-refractivity contribution in [1.29, 1.82) is 0 Å². The molecule has 6 heteroatoms. The molecule has 0 spiro atoms. The molecule has 0 atom stereocenters. The number of carbonyl (C=O) groups excluding carboxylic acids is 2. The third-order valence-electron chi connectivity index (χ3n) is 2.96.